The van der Waals surface area contributed by atoms with Gasteiger partial charge in [0.2, 0.25) is 5.91 Å². The van der Waals surface area contributed by atoms with Gasteiger partial charge in [0.25, 0.3) is 0 Å². The van der Waals surface area contributed by atoms with Crippen LogP contribution in [0.3, 0.4) is 0 Å². The van der Waals surface area contributed by atoms with E-state index in [4.69, 9.17) is 0 Å². The lowest BCUT2D eigenvalue weighted by atomic mass is 9.95. The molecule has 1 aliphatic carbocycles. The number of amides is 1. The summed E-state index contributed by atoms with van der Waals surface area (Å²) >= 11 is 0. The lowest BCUT2D eigenvalue weighted by molar-refractivity contribution is -0.137. The normalized spacial score (nSPS) is 15.6. The molecule has 152 valence electrons. The Morgan fingerprint density at radius 3 is 2.30 bits per heavy atom. The smallest absolute Gasteiger partial charge is 0.352 e. The largest absolute Gasteiger partial charge is 0.416 e. The van der Waals surface area contributed by atoms with E-state index in [9.17, 15) is 18.0 Å². The van der Waals surface area contributed by atoms with Gasteiger partial charge in [0.1, 0.15) is 0 Å². The van der Waals surface area contributed by atoms with Crippen LogP contribution in [0.4, 0.5) is 13.2 Å². The summed E-state index contributed by atoms with van der Waals surface area (Å²) in [5.41, 5.74) is 0.00995. The molecule has 0 saturated heterocycles. The molecule has 27 heavy (non-hydrogen) atoms. The first-order chi connectivity index (χ1) is 12.4. The number of hydrogen-bond acceptors (Lipinski definition) is 2. The van der Waals surface area contributed by atoms with Crippen molar-refractivity contribution in [1.82, 2.24) is 16.0 Å². The molecule has 1 fully saturated rings. The Hall–Kier alpha value is -1.52. The van der Waals surface area contributed by atoms with Gasteiger partial charge >= 0.3 is 6.18 Å². The predicted molar refractivity (Wildman–Crippen MR) is 110 cm³/mol. The van der Waals surface area contributed by atoms with Gasteiger partial charge in [-0.1, -0.05) is 31.4 Å². The molecule has 1 aromatic rings. The molecule has 5 nitrogen and oxygen atoms in total. The summed E-state index contributed by atoms with van der Waals surface area (Å²) in [6, 6.07) is 5.17. The second kappa shape index (κ2) is 11.4. The average molecular weight is 498 g/mol. The van der Waals surface area contributed by atoms with Crippen molar-refractivity contribution in [2.24, 2.45) is 4.99 Å². The number of halogens is 4. The summed E-state index contributed by atoms with van der Waals surface area (Å²) in [4.78, 5) is 16.0. The third-order valence-electron chi connectivity index (χ3n) is 4.35. The van der Waals surface area contributed by atoms with Gasteiger partial charge in [0, 0.05) is 19.6 Å². The highest BCUT2D eigenvalue weighted by molar-refractivity contribution is 14.0. The topological polar surface area (TPSA) is 65.5 Å². The molecule has 1 saturated carbocycles. The Bertz CT molecular complexity index is 614. The zero-order valence-electron chi connectivity index (χ0n) is 15.2. The van der Waals surface area contributed by atoms with Crippen LogP contribution < -0.4 is 16.0 Å². The maximum atomic E-state index is 12.5. The van der Waals surface area contributed by atoms with E-state index in [1.54, 1.807) is 7.05 Å². The Labute approximate surface area is 174 Å². The number of rotatable bonds is 5. The standard InChI is InChI=1S/C18H25F3N4O.HI/c1-22-17(24-12-16(26)25-15-5-3-2-4-6-15)23-11-13-7-9-14(10-8-13)18(19,20)21;/h7-10,15H,2-6,11-12H2,1H3,(H,25,26)(H2,22,23,24);1H. The van der Waals surface area contributed by atoms with Crippen molar-refractivity contribution in [1.29, 1.82) is 0 Å². The van der Waals surface area contributed by atoms with E-state index in [1.165, 1.54) is 18.6 Å². The molecule has 0 bridgehead atoms. The van der Waals surface area contributed by atoms with Crippen LogP contribution in [0.1, 0.15) is 43.2 Å². The first-order valence-corrected chi connectivity index (χ1v) is 8.78. The monoisotopic (exact) mass is 498 g/mol. The number of benzene rings is 1. The second-order valence-corrected chi connectivity index (χ2v) is 6.38. The van der Waals surface area contributed by atoms with Crippen molar-refractivity contribution in [3.63, 3.8) is 0 Å². The SMILES string of the molecule is CN=C(NCC(=O)NC1CCCCC1)NCc1ccc(C(F)(F)F)cc1.I. The fourth-order valence-corrected chi connectivity index (χ4v) is 2.91. The highest BCUT2D eigenvalue weighted by atomic mass is 127. The molecule has 1 aliphatic rings. The maximum absolute atomic E-state index is 12.5. The third kappa shape index (κ3) is 8.35. The van der Waals surface area contributed by atoms with E-state index in [0.29, 0.717) is 18.1 Å². The Morgan fingerprint density at radius 2 is 1.74 bits per heavy atom. The average Bonchev–Trinajstić information content (AvgIpc) is 2.62. The Morgan fingerprint density at radius 1 is 1.11 bits per heavy atom. The Kier molecular flexibility index (Phi) is 9.89. The highest BCUT2D eigenvalue weighted by Crippen LogP contribution is 2.29. The number of nitrogens with one attached hydrogen (secondary N) is 3. The van der Waals surface area contributed by atoms with E-state index in [2.05, 4.69) is 20.9 Å². The van der Waals surface area contributed by atoms with Gasteiger partial charge in [-0.15, -0.1) is 24.0 Å². The van der Waals surface area contributed by atoms with Gasteiger partial charge in [-0.05, 0) is 30.5 Å². The zero-order valence-corrected chi connectivity index (χ0v) is 17.6. The summed E-state index contributed by atoms with van der Waals surface area (Å²) in [6.45, 7) is 0.408. The molecule has 0 aromatic heterocycles. The lowest BCUT2D eigenvalue weighted by Gasteiger charge is -2.23. The fraction of sp³-hybridized carbons (Fsp3) is 0.556. The van der Waals surface area contributed by atoms with Crippen molar-refractivity contribution in [2.75, 3.05) is 13.6 Å². The molecule has 0 spiro atoms. The lowest BCUT2D eigenvalue weighted by Crippen LogP contribution is -2.45. The number of carbonyl (C=O) groups is 1. The minimum Gasteiger partial charge on any atom is -0.352 e. The zero-order chi connectivity index (χ0) is 19.0. The molecule has 1 aromatic carbocycles. The van der Waals surface area contributed by atoms with E-state index < -0.39 is 11.7 Å². The molecule has 0 aliphatic heterocycles. The second-order valence-electron chi connectivity index (χ2n) is 6.38. The van der Waals surface area contributed by atoms with Crippen LogP contribution in [-0.2, 0) is 17.5 Å². The van der Waals surface area contributed by atoms with E-state index >= 15 is 0 Å². The minimum atomic E-state index is -4.34. The van der Waals surface area contributed by atoms with Gasteiger partial charge in [-0.25, -0.2) is 0 Å². The molecule has 3 N–H and O–H groups in total. The van der Waals surface area contributed by atoms with Crippen molar-refractivity contribution in [3.05, 3.63) is 35.4 Å². The van der Waals surface area contributed by atoms with Gasteiger partial charge in [0.05, 0.1) is 12.1 Å². The summed E-state index contributed by atoms with van der Waals surface area (Å²) in [5.74, 6) is 0.332. The molecule has 1 amide bonds. The molecule has 0 heterocycles. The number of hydrogen-bond donors (Lipinski definition) is 3. The van der Waals surface area contributed by atoms with Crippen molar-refractivity contribution in [2.45, 2.75) is 50.9 Å². The molecule has 0 atom stereocenters. The van der Waals surface area contributed by atoms with Crippen LogP contribution in [0.15, 0.2) is 29.3 Å². The summed E-state index contributed by atoms with van der Waals surface area (Å²) < 4.78 is 37.6. The van der Waals surface area contributed by atoms with Crippen LogP contribution in [-0.4, -0.2) is 31.5 Å². The van der Waals surface area contributed by atoms with Gasteiger partial charge < -0.3 is 16.0 Å². The number of carbonyl (C=O) groups excluding carboxylic acids is 1. The summed E-state index contributed by atoms with van der Waals surface area (Å²) in [7, 11) is 1.57. The first kappa shape index (κ1) is 23.5. The molecule has 2 rings (SSSR count). The van der Waals surface area contributed by atoms with Gasteiger partial charge in [-0.2, -0.15) is 13.2 Å². The van der Waals surface area contributed by atoms with Crippen LogP contribution >= 0.6 is 24.0 Å². The molecular formula is C18H26F3IN4O. The van der Waals surface area contributed by atoms with Crippen molar-refractivity contribution in [3.8, 4) is 0 Å². The van der Waals surface area contributed by atoms with E-state index in [0.717, 1.165) is 37.8 Å². The number of alkyl halides is 3. The Balaban J connectivity index is 0.00000364. The van der Waals surface area contributed by atoms with E-state index in [-0.39, 0.29) is 42.5 Å². The van der Waals surface area contributed by atoms with Crippen LogP contribution in [0.2, 0.25) is 0 Å². The minimum absolute atomic E-state index is 0. The predicted octanol–water partition coefficient (Wildman–Crippen LogP) is 3.44. The number of aliphatic imine (C=N–C) groups is 1. The molecule has 0 unspecified atom stereocenters. The third-order valence-corrected chi connectivity index (χ3v) is 4.35. The van der Waals surface area contributed by atoms with Crippen molar-refractivity contribution < 1.29 is 18.0 Å². The van der Waals surface area contributed by atoms with E-state index in [1.807, 2.05) is 0 Å². The van der Waals surface area contributed by atoms with Crippen LogP contribution in [0.25, 0.3) is 0 Å². The summed E-state index contributed by atoms with van der Waals surface area (Å²) in [6.07, 6.45) is 1.23. The highest BCUT2D eigenvalue weighted by Gasteiger charge is 2.29. The molecule has 9 heteroatoms. The number of guanidine groups is 1. The molecular weight excluding hydrogens is 472 g/mol. The summed E-state index contributed by atoms with van der Waals surface area (Å²) in [5, 5.41) is 8.89. The quantitative estimate of drug-likeness (QED) is 0.331. The number of nitrogens with zero attached hydrogens (tertiary/aromatic N) is 1. The van der Waals surface area contributed by atoms with Crippen LogP contribution in [0.5, 0.6) is 0 Å². The first-order valence-electron chi connectivity index (χ1n) is 8.78. The van der Waals surface area contributed by atoms with Gasteiger partial charge in [-0.3, -0.25) is 9.79 Å². The maximum Gasteiger partial charge on any atom is 0.416 e. The van der Waals surface area contributed by atoms with Gasteiger partial charge in [0.15, 0.2) is 5.96 Å². The van der Waals surface area contributed by atoms with Crippen molar-refractivity contribution >= 4 is 35.8 Å². The molecule has 0 radical (unpaired) electrons. The fourth-order valence-electron chi connectivity index (χ4n) is 2.91. The van der Waals surface area contributed by atoms with Crippen LogP contribution in [0, 0.1) is 0 Å².